The average Bonchev–Trinajstić information content (AvgIpc) is 3.26. The molecule has 5 rings (SSSR count). The van der Waals surface area contributed by atoms with Gasteiger partial charge in [0.1, 0.15) is 0 Å². The molecule has 0 unspecified atom stereocenters. The number of thioether (sulfide) groups is 1. The van der Waals surface area contributed by atoms with Crippen molar-refractivity contribution in [3.05, 3.63) is 29.3 Å². The summed E-state index contributed by atoms with van der Waals surface area (Å²) in [6.07, 6.45) is 9.91. The van der Waals surface area contributed by atoms with Crippen LogP contribution in [0.1, 0.15) is 85.0 Å². The first kappa shape index (κ1) is 28.8. The number of halogens is 1. The minimum Gasteiger partial charge on any atom is -0.393 e. The maximum atomic E-state index is 12.6. The molecule has 1 amide bonds. The summed E-state index contributed by atoms with van der Waals surface area (Å²) in [6.45, 7) is 7.86. The average molecular weight is 562 g/mol. The Morgan fingerprint density at radius 3 is 2.61 bits per heavy atom. The van der Waals surface area contributed by atoms with Crippen LogP contribution in [0.5, 0.6) is 0 Å². The molecule has 0 saturated heterocycles. The highest BCUT2D eigenvalue weighted by Gasteiger charge is 2.63. The summed E-state index contributed by atoms with van der Waals surface area (Å²) in [4.78, 5) is 13.8. The molecule has 0 bridgehead atoms. The third-order valence-corrected chi connectivity index (χ3v) is 13.1. The highest BCUT2D eigenvalue weighted by atomic mass is 35.5. The van der Waals surface area contributed by atoms with Crippen molar-refractivity contribution < 1.29 is 15.0 Å². The minimum atomic E-state index is -0.259. The van der Waals surface area contributed by atoms with Crippen LogP contribution in [0.25, 0.3) is 0 Å². The second kappa shape index (κ2) is 11.6. The van der Waals surface area contributed by atoms with Gasteiger partial charge in [-0.25, -0.2) is 0 Å². The van der Waals surface area contributed by atoms with Gasteiger partial charge >= 0.3 is 0 Å². The van der Waals surface area contributed by atoms with Crippen molar-refractivity contribution in [2.24, 2.45) is 46.3 Å². The van der Waals surface area contributed by atoms with E-state index in [9.17, 15) is 15.0 Å². The largest absolute Gasteiger partial charge is 0.393 e. The van der Waals surface area contributed by atoms with E-state index < -0.39 is 0 Å². The van der Waals surface area contributed by atoms with Crippen molar-refractivity contribution in [2.45, 2.75) is 102 Å². The maximum absolute atomic E-state index is 12.6. The standard InChI is InChI=1S/C32H48ClNO3S/c1-20(4-13-30(37)34-16-17-38-24-8-6-22(33)7-9-24)26-11-12-27-25-10-5-21-18-23(35)14-15-31(21,2)28(25)19-29(36)32(26,27)3/h6-9,20-21,23,25-29,35-36H,4-5,10-19H2,1-3H3,(H,34,37)/t20-,21-,23-,25+,26-,27+,28+,29+,31+,32-/m1/s1. The molecule has 4 aliphatic carbocycles. The van der Waals surface area contributed by atoms with Gasteiger partial charge in [0, 0.05) is 28.6 Å². The summed E-state index contributed by atoms with van der Waals surface area (Å²) < 4.78 is 0. The van der Waals surface area contributed by atoms with Crippen LogP contribution < -0.4 is 5.32 Å². The Morgan fingerprint density at radius 1 is 1.08 bits per heavy atom. The lowest BCUT2D eigenvalue weighted by Crippen LogP contribution is -2.58. The number of benzene rings is 1. The highest BCUT2D eigenvalue weighted by molar-refractivity contribution is 7.99. The lowest BCUT2D eigenvalue weighted by Gasteiger charge is -2.62. The number of aliphatic hydroxyl groups excluding tert-OH is 2. The summed E-state index contributed by atoms with van der Waals surface area (Å²) in [5, 5.41) is 25.9. The maximum Gasteiger partial charge on any atom is 0.220 e. The molecule has 38 heavy (non-hydrogen) atoms. The normalized spacial score (nSPS) is 41.1. The van der Waals surface area contributed by atoms with Crippen molar-refractivity contribution in [2.75, 3.05) is 12.3 Å². The van der Waals surface area contributed by atoms with E-state index in [-0.39, 0.29) is 28.9 Å². The summed E-state index contributed by atoms with van der Waals surface area (Å²) in [5.74, 6) is 4.40. The lowest BCUT2D eigenvalue weighted by molar-refractivity contribution is -0.174. The fourth-order valence-corrected chi connectivity index (χ4v) is 10.6. The van der Waals surface area contributed by atoms with Gasteiger partial charge in [-0.15, -0.1) is 11.8 Å². The van der Waals surface area contributed by atoms with Crippen molar-refractivity contribution >= 4 is 29.3 Å². The molecule has 4 saturated carbocycles. The quantitative estimate of drug-likeness (QED) is 0.237. The molecule has 4 aliphatic rings. The van der Waals surface area contributed by atoms with Crippen molar-refractivity contribution in [3.8, 4) is 0 Å². The van der Waals surface area contributed by atoms with Crippen LogP contribution in [0.3, 0.4) is 0 Å². The third-order valence-electron chi connectivity index (χ3n) is 11.8. The molecule has 1 aromatic rings. The predicted molar refractivity (Wildman–Crippen MR) is 156 cm³/mol. The van der Waals surface area contributed by atoms with E-state index in [1.165, 1.54) is 25.7 Å². The molecule has 0 aliphatic heterocycles. The summed E-state index contributed by atoms with van der Waals surface area (Å²) >= 11 is 7.68. The third kappa shape index (κ3) is 5.43. The van der Waals surface area contributed by atoms with Gasteiger partial charge < -0.3 is 15.5 Å². The zero-order valence-electron chi connectivity index (χ0n) is 23.5. The molecule has 0 radical (unpaired) electrons. The fraction of sp³-hybridized carbons (Fsp3) is 0.781. The number of rotatable bonds is 8. The van der Waals surface area contributed by atoms with Gasteiger partial charge in [0.05, 0.1) is 12.2 Å². The minimum absolute atomic E-state index is 0.0380. The van der Waals surface area contributed by atoms with E-state index in [4.69, 9.17) is 11.6 Å². The molecule has 6 heteroatoms. The number of amides is 1. The number of nitrogens with one attached hydrogen (secondary N) is 1. The number of fused-ring (bicyclic) bond motifs is 5. The Labute approximate surface area is 239 Å². The van der Waals surface area contributed by atoms with Crippen LogP contribution in [0.2, 0.25) is 5.02 Å². The van der Waals surface area contributed by atoms with Crippen LogP contribution in [-0.2, 0) is 4.79 Å². The van der Waals surface area contributed by atoms with Gasteiger partial charge in [0.2, 0.25) is 5.91 Å². The van der Waals surface area contributed by atoms with E-state index >= 15 is 0 Å². The second-order valence-corrected chi connectivity index (χ2v) is 15.2. The van der Waals surface area contributed by atoms with Gasteiger partial charge in [-0.1, -0.05) is 32.4 Å². The number of carbonyl (C=O) groups is 1. The topological polar surface area (TPSA) is 69.6 Å². The van der Waals surface area contributed by atoms with E-state index in [1.54, 1.807) is 11.8 Å². The van der Waals surface area contributed by atoms with E-state index in [1.807, 2.05) is 24.3 Å². The van der Waals surface area contributed by atoms with Gasteiger partial charge in [-0.3, -0.25) is 4.79 Å². The Morgan fingerprint density at radius 2 is 1.84 bits per heavy atom. The fourth-order valence-electron chi connectivity index (χ4n) is 9.70. The van der Waals surface area contributed by atoms with Crippen molar-refractivity contribution in [1.82, 2.24) is 5.32 Å². The van der Waals surface area contributed by atoms with Gasteiger partial charge in [-0.2, -0.15) is 0 Å². The van der Waals surface area contributed by atoms with Crippen molar-refractivity contribution in [3.63, 3.8) is 0 Å². The van der Waals surface area contributed by atoms with Gasteiger partial charge in [0.15, 0.2) is 0 Å². The zero-order chi connectivity index (χ0) is 27.1. The highest BCUT2D eigenvalue weighted by Crippen LogP contribution is 2.68. The first-order valence-electron chi connectivity index (χ1n) is 15.1. The first-order valence-corrected chi connectivity index (χ1v) is 16.5. The Balaban J connectivity index is 1.13. The molecular formula is C32H48ClNO3S. The molecule has 0 spiro atoms. The van der Waals surface area contributed by atoms with E-state index in [2.05, 4.69) is 26.1 Å². The monoisotopic (exact) mass is 561 g/mol. The van der Waals surface area contributed by atoms with Crippen LogP contribution in [0, 0.1) is 46.3 Å². The van der Waals surface area contributed by atoms with E-state index in [0.29, 0.717) is 48.5 Å². The van der Waals surface area contributed by atoms with Crippen LogP contribution in [-0.4, -0.2) is 40.6 Å². The lowest BCUT2D eigenvalue weighted by atomic mass is 9.43. The van der Waals surface area contributed by atoms with Crippen LogP contribution in [0.4, 0.5) is 0 Å². The number of carbonyl (C=O) groups excluding carboxylic acids is 1. The number of aliphatic hydroxyl groups is 2. The van der Waals surface area contributed by atoms with Crippen LogP contribution >= 0.6 is 23.4 Å². The molecule has 1 aromatic carbocycles. The molecule has 4 nitrogen and oxygen atoms in total. The first-order chi connectivity index (χ1) is 18.1. The van der Waals surface area contributed by atoms with Crippen LogP contribution in [0.15, 0.2) is 29.2 Å². The molecule has 3 N–H and O–H groups in total. The number of hydrogen-bond donors (Lipinski definition) is 3. The molecule has 10 atom stereocenters. The van der Waals surface area contributed by atoms with Gasteiger partial charge in [-0.05, 0) is 128 Å². The Bertz CT molecular complexity index is 974. The second-order valence-electron chi connectivity index (χ2n) is 13.6. The Hall–Kier alpha value is -0.750. The molecule has 212 valence electrons. The summed E-state index contributed by atoms with van der Waals surface area (Å²) in [5.41, 5.74) is 0.238. The molecule has 0 heterocycles. The van der Waals surface area contributed by atoms with Gasteiger partial charge in [0.25, 0.3) is 0 Å². The summed E-state index contributed by atoms with van der Waals surface area (Å²) in [6, 6.07) is 7.82. The van der Waals surface area contributed by atoms with E-state index in [0.717, 1.165) is 47.8 Å². The molecule has 4 fully saturated rings. The summed E-state index contributed by atoms with van der Waals surface area (Å²) in [7, 11) is 0. The predicted octanol–water partition coefficient (Wildman–Crippen LogP) is 6.96. The Kier molecular flexibility index (Phi) is 8.80. The molecular weight excluding hydrogens is 514 g/mol. The SMILES string of the molecule is C[C@H](CCC(=O)NCCSc1ccc(Cl)cc1)[C@H]1CC[C@H]2[C@@H]3CC[C@@H]4C[C@H](O)CC[C@]4(C)[C@H]3C[C@H](O)[C@]12C. The molecule has 0 aromatic heterocycles. The smallest absolute Gasteiger partial charge is 0.220 e. The zero-order valence-corrected chi connectivity index (χ0v) is 25.1. The number of hydrogen-bond acceptors (Lipinski definition) is 4. The van der Waals surface area contributed by atoms with Crippen molar-refractivity contribution in [1.29, 1.82) is 0 Å².